The molecule has 164 valence electrons. The van der Waals surface area contributed by atoms with Crippen LogP contribution in [0.15, 0.2) is 59.6 Å². The Morgan fingerprint density at radius 1 is 1.20 bits per heavy atom. The molecule has 0 amide bonds. The molecule has 1 aromatic carbocycles. The van der Waals surface area contributed by atoms with Crippen molar-refractivity contribution in [1.82, 2.24) is 4.98 Å². The molecular formula is C22H29NO6S. The summed E-state index contributed by atoms with van der Waals surface area (Å²) in [5, 5.41) is 10.5. The lowest BCUT2D eigenvalue weighted by Crippen LogP contribution is -2.49. The fourth-order valence-electron chi connectivity index (χ4n) is 3.15. The molecule has 0 aliphatic rings. The maximum Gasteiger partial charge on any atom is 0.334 e. The summed E-state index contributed by atoms with van der Waals surface area (Å²) in [6.07, 6.45) is 2.95. The van der Waals surface area contributed by atoms with Crippen LogP contribution in [0.1, 0.15) is 39.8 Å². The zero-order chi connectivity index (χ0) is 22.6. The number of benzene rings is 1. The van der Waals surface area contributed by atoms with Crippen LogP contribution >= 0.6 is 0 Å². The van der Waals surface area contributed by atoms with Crippen LogP contribution in [0.25, 0.3) is 0 Å². The zero-order valence-corrected chi connectivity index (χ0v) is 18.7. The van der Waals surface area contributed by atoms with Crippen molar-refractivity contribution in [3.63, 3.8) is 0 Å². The molecule has 0 bridgehead atoms. The Balaban J connectivity index is 2.78. The summed E-state index contributed by atoms with van der Waals surface area (Å²) in [5.74, 6) is -0.484. The molecule has 8 heteroatoms. The Kier molecular flexibility index (Phi) is 7.15. The topological polar surface area (TPSA) is 106 Å². The quantitative estimate of drug-likeness (QED) is 0.487. The highest BCUT2D eigenvalue weighted by molar-refractivity contribution is 7.93. The molecule has 30 heavy (non-hydrogen) atoms. The van der Waals surface area contributed by atoms with Crippen LogP contribution in [-0.2, 0) is 24.1 Å². The van der Waals surface area contributed by atoms with Gasteiger partial charge in [0, 0.05) is 18.3 Å². The Morgan fingerprint density at radius 2 is 1.83 bits per heavy atom. The van der Waals surface area contributed by atoms with Gasteiger partial charge in [0.05, 0.1) is 18.1 Å². The van der Waals surface area contributed by atoms with Crippen LogP contribution in [0.2, 0.25) is 0 Å². The highest BCUT2D eigenvalue weighted by atomic mass is 32.2. The smallest absolute Gasteiger partial charge is 0.334 e. The van der Waals surface area contributed by atoms with Crippen LogP contribution in [0, 0.1) is 0 Å². The summed E-state index contributed by atoms with van der Waals surface area (Å²) in [6.45, 7) is 6.68. The van der Waals surface area contributed by atoms with Crippen molar-refractivity contribution in [2.45, 2.75) is 55.5 Å². The fraction of sp³-hybridized carbons (Fsp3) is 0.409. The third-order valence-corrected chi connectivity index (χ3v) is 6.86. The van der Waals surface area contributed by atoms with E-state index >= 15 is 0 Å². The number of carbonyl (C=O) groups is 1. The summed E-state index contributed by atoms with van der Waals surface area (Å²) in [4.78, 5) is 16.2. The normalized spacial score (nSPS) is 15.5. The molecule has 2 unspecified atom stereocenters. The lowest BCUT2D eigenvalue weighted by molar-refractivity contribution is -0.159. The number of methoxy groups -OCH3 is 1. The van der Waals surface area contributed by atoms with E-state index in [0.29, 0.717) is 5.75 Å². The minimum Gasteiger partial charge on any atom is -0.497 e. The molecule has 0 spiro atoms. The number of allylic oxidation sites excluding steroid dienone is 1. The first kappa shape index (κ1) is 23.7. The Hall–Kier alpha value is -2.58. The van der Waals surface area contributed by atoms with Gasteiger partial charge in [-0.25, -0.2) is 13.2 Å². The van der Waals surface area contributed by atoms with Crippen molar-refractivity contribution in [2.75, 3.05) is 7.11 Å². The first-order valence-corrected chi connectivity index (χ1v) is 11.0. The summed E-state index contributed by atoms with van der Waals surface area (Å²) in [5.41, 5.74) is -0.813. The first-order chi connectivity index (χ1) is 14.0. The second-order valence-corrected chi connectivity index (χ2v) is 10.1. The molecule has 0 aliphatic heterocycles. The molecule has 0 fully saturated rings. The number of hydrogen-bond acceptors (Lipinski definition) is 6. The molecule has 0 radical (unpaired) electrons. The number of aromatic nitrogens is 1. The van der Waals surface area contributed by atoms with Crippen molar-refractivity contribution in [3.8, 4) is 5.75 Å². The van der Waals surface area contributed by atoms with Gasteiger partial charge in [-0.1, -0.05) is 12.2 Å². The number of sulfone groups is 1. The fourth-order valence-corrected chi connectivity index (χ4v) is 5.11. The highest BCUT2D eigenvalue weighted by Gasteiger charge is 2.56. The summed E-state index contributed by atoms with van der Waals surface area (Å²) < 4.78 is 36.3. The molecule has 1 aromatic heterocycles. The lowest BCUT2D eigenvalue weighted by Gasteiger charge is -2.34. The van der Waals surface area contributed by atoms with E-state index in [1.165, 1.54) is 49.7 Å². The molecule has 2 rings (SSSR count). The molecule has 1 heterocycles. The van der Waals surface area contributed by atoms with Gasteiger partial charge < -0.3 is 19.6 Å². The molecule has 7 nitrogen and oxygen atoms in total. The Morgan fingerprint density at radius 3 is 2.30 bits per heavy atom. The largest absolute Gasteiger partial charge is 0.497 e. The van der Waals surface area contributed by atoms with Crippen molar-refractivity contribution < 1.29 is 27.8 Å². The van der Waals surface area contributed by atoms with Crippen molar-refractivity contribution in [1.29, 1.82) is 0 Å². The van der Waals surface area contributed by atoms with Gasteiger partial charge in [-0.15, -0.1) is 0 Å². The predicted molar refractivity (Wildman–Crippen MR) is 114 cm³/mol. The second kappa shape index (κ2) is 9.06. The molecule has 0 aliphatic carbocycles. The standard InChI is InChI=1S/C22H29NO6S/c1-6-8-16(24)15-22(19-9-7-14-23-19,20(25)29-21(2,3)4)30(26,27)18-12-10-17(28-5)11-13-18/h6-14,16,23-24H,15H2,1-5H3. The maximum absolute atomic E-state index is 13.9. The number of esters is 1. The van der Waals surface area contributed by atoms with Crippen molar-refractivity contribution in [2.24, 2.45) is 0 Å². The second-order valence-electron chi connectivity index (χ2n) is 7.89. The van der Waals surface area contributed by atoms with Crippen LogP contribution in [0.4, 0.5) is 0 Å². The minimum atomic E-state index is -4.35. The number of aliphatic hydroxyl groups is 1. The molecule has 2 aromatic rings. The first-order valence-electron chi connectivity index (χ1n) is 9.55. The number of nitrogens with one attached hydrogen (secondary N) is 1. The number of aromatic amines is 1. The average Bonchev–Trinajstić information content (AvgIpc) is 3.19. The van der Waals surface area contributed by atoms with Gasteiger partial charge in [-0.05, 0) is 64.1 Å². The van der Waals surface area contributed by atoms with Crippen molar-refractivity contribution in [3.05, 3.63) is 60.4 Å². The lowest BCUT2D eigenvalue weighted by atomic mass is 9.96. The average molecular weight is 436 g/mol. The third-order valence-electron chi connectivity index (χ3n) is 4.50. The molecule has 2 atom stereocenters. The Bertz CT molecular complexity index is 972. The number of ether oxygens (including phenoxy) is 2. The van der Waals surface area contributed by atoms with E-state index in [1.54, 1.807) is 39.8 Å². The highest BCUT2D eigenvalue weighted by Crippen LogP contribution is 2.41. The van der Waals surface area contributed by atoms with E-state index in [2.05, 4.69) is 4.98 Å². The maximum atomic E-state index is 13.9. The van der Waals surface area contributed by atoms with E-state index in [1.807, 2.05) is 0 Å². The van der Waals surface area contributed by atoms with E-state index < -0.39 is 38.7 Å². The van der Waals surface area contributed by atoms with Crippen LogP contribution in [-0.4, -0.2) is 43.3 Å². The van der Waals surface area contributed by atoms with Gasteiger partial charge >= 0.3 is 5.97 Å². The summed E-state index contributed by atoms with van der Waals surface area (Å²) >= 11 is 0. The van der Waals surface area contributed by atoms with E-state index in [0.717, 1.165) is 0 Å². The van der Waals surface area contributed by atoms with Gasteiger partial charge in [-0.3, -0.25) is 0 Å². The number of hydrogen-bond donors (Lipinski definition) is 2. The van der Waals surface area contributed by atoms with Crippen LogP contribution < -0.4 is 4.74 Å². The molecule has 2 N–H and O–H groups in total. The zero-order valence-electron chi connectivity index (χ0n) is 17.9. The summed E-state index contributed by atoms with van der Waals surface area (Å²) in [7, 11) is -2.88. The Labute approximate surface area is 177 Å². The molecule has 0 saturated carbocycles. The van der Waals surface area contributed by atoms with E-state index in [4.69, 9.17) is 9.47 Å². The van der Waals surface area contributed by atoms with Gasteiger partial charge in [0.2, 0.25) is 14.6 Å². The minimum absolute atomic E-state index is 0.0866. The van der Waals surface area contributed by atoms with Crippen LogP contribution in [0.5, 0.6) is 5.75 Å². The molecule has 0 saturated heterocycles. The van der Waals surface area contributed by atoms with Gasteiger partial charge in [0.25, 0.3) is 0 Å². The number of rotatable bonds is 8. The molecular weight excluding hydrogens is 406 g/mol. The summed E-state index contributed by atoms with van der Waals surface area (Å²) in [6, 6.07) is 8.86. The van der Waals surface area contributed by atoms with Gasteiger partial charge in [-0.2, -0.15) is 0 Å². The van der Waals surface area contributed by atoms with E-state index in [9.17, 15) is 18.3 Å². The van der Waals surface area contributed by atoms with Crippen LogP contribution in [0.3, 0.4) is 0 Å². The SMILES string of the molecule is CC=CC(O)CC(C(=O)OC(C)(C)C)(c1ccc[nH]1)S(=O)(=O)c1ccc(OC)cc1. The number of aliphatic hydroxyl groups excluding tert-OH is 1. The number of H-pyrrole nitrogens is 1. The monoisotopic (exact) mass is 435 g/mol. The number of carbonyl (C=O) groups excluding carboxylic acids is 1. The predicted octanol–water partition coefficient (Wildman–Crippen LogP) is 3.36. The van der Waals surface area contributed by atoms with E-state index in [-0.39, 0.29) is 10.6 Å². The van der Waals surface area contributed by atoms with Gasteiger partial charge in [0.15, 0.2) is 0 Å². The van der Waals surface area contributed by atoms with Crippen molar-refractivity contribution >= 4 is 15.8 Å². The third kappa shape index (κ3) is 4.76. The van der Waals surface area contributed by atoms with Gasteiger partial charge in [0.1, 0.15) is 11.4 Å².